The van der Waals surface area contributed by atoms with Crippen molar-refractivity contribution in [2.24, 2.45) is 5.16 Å². The van der Waals surface area contributed by atoms with Crippen LogP contribution < -0.4 is 0 Å². The fourth-order valence-corrected chi connectivity index (χ4v) is 1.25. The Morgan fingerprint density at radius 2 is 1.77 bits per heavy atom. The number of oxime groups is 1. The topological polar surface area (TPSA) is 32.6 Å². The molecule has 0 atom stereocenters. The van der Waals surface area contributed by atoms with E-state index in [0.717, 1.165) is 17.2 Å². The molecule has 0 aromatic carbocycles. The summed E-state index contributed by atoms with van der Waals surface area (Å²) in [5.41, 5.74) is 0.741. The first-order valence-electron chi connectivity index (χ1n) is 4.73. The maximum Gasteiger partial charge on any atom is 0.0765 e. The summed E-state index contributed by atoms with van der Waals surface area (Å²) in [6, 6.07) is 0. The Morgan fingerprint density at radius 1 is 1.31 bits per heavy atom. The molecule has 0 aliphatic rings. The Kier molecular flexibility index (Phi) is 33.0. The van der Waals surface area contributed by atoms with Crippen LogP contribution in [-0.4, -0.2) is 28.2 Å². The minimum Gasteiger partial charge on any atom is -0.411 e. The maximum atomic E-state index is 8.28. The van der Waals surface area contributed by atoms with Crippen molar-refractivity contribution in [1.82, 2.24) is 0 Å². The number of thiol groups is 1. The average molecular weight is 225 g/mol. The van der Waals surface area contributed by atoms with Crippen molar-refractivity contribution in [1.29, 1.82) is 0 Å². The summed E-state index contributed by atoms with van der Waals surface area (Å²) in [6.45, 7) is 10.1. The van der Waals surface area contributed by atoms with Crippen LogP contribution in [0.5, 0.6) is 0 Å². The molecule has 0 fully saturated rings. The predicted molar refractivity (Wildman–Crippen MR) is 68.8 cm³/mol. The number of hydrogen-bond acceptors (Lipinski definition) is 4. The molecule has 0 radical (unpaired) electrons. The Labute approximate surface area is 92.6 Å². The van der Waals surface area contributed by atoms with Crippen molar-refractivity contribution in [3.05, 3.63) is 0 Å². The van der Waals surface area contributed by atoms with E-state index >= 15 is 0 Å². The molecule has 0 saturated heterocycles. The molecule has 0 unspecified atom stereocenters. The molecule has 0 spiro atoms. The van der Waals surface area contributed by atoms with Crippen LogP contribution in [0.3, 0.4) is 0 Å². The number of hydrogen-bond donors (Lipinski definition) is 2. The van der Waals surface area contributed by atoms with Gasteiger partial charge in [0, 0.05) is 11.5 Å². The molecule has 0 bridgehead atoms. The monoisotopic (exact) mass is 225 g/mol. The van der Waals surface area contributed by atoms with E-state index in [1.807, 2.05) is 27.7 Å². The first kappa shape index (κ1) is 18.9. The van der Waals surface area contributed by atoms with Crippen LogP contribution in [0, 0.1) is 0 Å². The van der Waals surface area contributed by atoms with Gasteiger partial charge in [0.1, 0.15) is 0 Å². The van der Waals surface area contributed by atoms with E-state index in [1.165, 1.54) is 0 Å². The smallest absolute Gasteiger partial charge is 0.0765 e. The second-order valence-corrected chi connectivity index (χ2v) is 3.05. The first-order valence-corrected chi connectivity index (χ1v) is 6.52. The van der Waals surface area contributed by atoms with Crippen LogP contribution in [-0.2, 0) is 0 Å². The second-order valence-electron chi connectivity index (χ2n) is 1.46. The van der Waals surface area contributed by atoms with Gasteiger partial charge in [-0.1, -0.05) is 39.8 Å². The van der Waals surface area contributed by atoms with E-state index in [1.54, 1.807) is 11.8 Å². The van der Waals surface area contributed by atoms with E-state index < -0.39 is 0 Å². The van der Waals surface area contributed by atoms with Crippen LogP contribution >= 0.6 is 24.4 Å². The van der Waals surface area contributed by atoms with Crippen LogP contribution in [0.1, 0.15) is 34.6 Å². The highest BCUT2D eigenvalue weighted by molar-refractivity contribution is 8.00. The minimum atomic E-state index is 0.545. The lowest BCUT2D eigenvalue weighted by Gasteiger charge is -1.96. The van der Waals surface area contributed by atoms with Gasteiger partial charge in [0.2, 0.25) is 0 Å². The fourth-order valence-electron chi connectivity index (χ4n) is 0.326. The molecule has 0 aliphatic carbocycles. The van der Waals surface area contributed by atoms with Gasteiger partial charge in [-0.2, -0.15) is 24.4 Å². The van der Waals surface area contributed by atoms with Crippen LogP contribution in [0.25, 0.3) is 0 Å². The lowest BCUT2D eigenvalue weighted by molar-refractivity contribution is 0.318. The maximum absolute atomic E-state index is 8.28. The Balaban J connectivity index is -0.000000218. The fraction of sp³-hybridized carbons (Fsp3) is 0.889. The van der Waals surface area contributed by atoms with E-state index in [2.05, 4.69) is 24.7 Å². The van der Waals surface area contributed by atoms with E-state index in [9.17, 15) is 0 Å². The molecule has 1 N–H and O–H groups in total. The third-order valence-electron chi connectivity index (χ3n) is 0.797. The van der Waals surface area contributed by atoms with Crippen LogP contribution in [0.2, 0.25) is 0 Å². The zero-order valence-corrected chi connectivity index (χ0v) is 11.1. The van der Waals surface area contributed by atoms with Crippen molar-refractivity contribution in [3.63, 3.8) is 0 Å². The summed E-state index contributed by atoms with van der Waals surface area (Å²) in [4.78, 5) is 0. The summed E-state index contributed by atoms with van der Waals surface area (Å²) in [5.74, 6) is 2.38. The summed E-state index contributed by atoms with van der Waals surface area (Å²) in [5, 5.41) is 11.3. The van der Waals surface area contributed by atoms with Gasteiger partial charge in [-0.25, -0.2) is 0 Å². The lowest BCUT2D eigenvalue weighted by Crippen LogP contribution is -2.03. The summed E-state index contributed by atoms with van der Waals surface area (Å²) in [6.07, 6.45) is 0. The van der Waals surface area contributed by atoms with Crippen LogP contribution in [0.4, 0.5) is 0 Å². The molecule has 0 aromatic rings. The van der Waals surface area contributed by atoms with Gasteiger partial charge in [0.05, 0.1) is 5.71 Å². The molecule has 0 amide bonds. The molecule has 4 heteroatoms. The Bertz CT molecular complexity index is 97.6. The number of thioether (sulfide) groups is 1. The predicted octanol–water partition coefficient (Wildman–Crippen LogP) is 3.55. The SMILES string of the molecule is CC.CC.CCSC/C(CS)=N\O. The Morgan fingerprint density at radius 3 is 2.00 bits per heavy atom. The third-order valence-corrected chi connectivity index (χ3v) is 2.11. The van der Waals surface area contributed by atoms with Gasteiger partial charge in [0.25, 0.3) is 0 Å². The van der Waals surface area contributed by atoms with Crippen LogP contribution in [0.15, 0.2) is 5.16 Å². The molecule has 0 aliphatic heterocycles. The molecular weight excluding hydrogens is 202 g/mol. The van der Waals surface area contributed by atoms with Gasteiger partial charge in [-0.15, -0.1) is 0 Å². The van der Waals surface area contributed by atoms with Crippen molar-refractivity contribution in [2.45, 2.75) is 34.6 Å². The molecule has 2 nitrogen and oxygen atoms in total. The molecule has 0 saturated carbocycles. The van der Waals surface area contributed by atoms with Crippen molar-refractivity contribution < 1.29 is 5.21 Å². The standard InChI is InChI=1S/C5H11NOS2.2C2H6/c1-2-9-4-5(3-8)6-7;2*1-2/h7-8H,2-4H2,1H3;2*1-2H3/b6-5-;;. The van der Waals surface area contributed by atoms with Gasteiger partial charge in [-0.05, 0) is 5.75 Å². The molecule has 0 heterocycles. The first-order chi connectivity index (χ1) is 6.35. The van der Waals surface area contributed by atoms with Gasteiger partial charge in [0.15, 0.2) is 0 Å². The highest BCUT2D eigenvalue weighted by Gasteiger charge is 1.94. The summed E-state index contributed by atoms with van der Waals surface area (Å²) >= 11 is 5.69. The van der Waals surface area contributed by atoms with Gasteiger partial charge < -0.3 is 5.21 Å². The van der Waals surface area contributed by atoms with Crippen molar-refractivity contribution in [2.75, 3.05) is 17.3 Å². The van der Waals surface area contributed by atoms with E-state index in [0.29, 0.717) is 5.75 Å². The highest BCUT2D eigenvalue weighted by atomic mass is 32.2. The second kappa shape index (κ2) is 22.7. The molecule has 13 heavy (non-hydrogen) atoms. The lowest BCUT2D eigenvalue weighted by atomic mass is 10.5. The third kappa shape index (κ3) is 18.9. The molecule has 0 rings (SSSR count). The molecule has 82 valence electrons. The zero-order valence-electron chi connectivity index (χ0n) is 9.37. The van der Waals surface area contributed by atoms with Crippen molar-refractivity contribution in [3.8, 4) is 0 Å². The van der Waals surface area contributed by atoms with Crippen molar-refractivity contribution >= 4 is 30.1 Å². The molecule has 0 aromatic heterocycles. The number of rotatable bonds is 4. The summed E-state index contributed by atoms with van der Waals surface area (Å²) in [7, 11) is 0. The highest BCUT2D eigenvalue weighted by Crippen LogP contribution is 1.99. The number of nitrogens with zero attached hydrogens (tertiary/aromatic N) is 1. The van der Waals surface area contributed by atoms with E-state index in [4.69, 9.17) is 5.21 Å². The summed E-state index contributed by atoms with van der Waals surface area (Å²) < 4.78 is 0. The molecular formula is C9H23NOS2. The average Bonchev–Trinajstić information content (AvgIpc) is 2.25. The zero-order chi connectivity index (χ0) is 11.1. The normalized spacial score (nSPS) is 9.23. The van der Waals surface area contributed by atoms with Gasteiger partial charge in [-0.3, -0.25) is 0 Å². The largest absolute Gasteiger partial charge is 0.411 e. The minimum absolute atomic E-state index is 0.545. The van der Waals surface area contributed by atoms with Gasteiger partial charge >= 0.3 is 0 Å². The van der Waals surface area contributed by atoms with E-state index in [-0.39, 0.29) is 0 Å². The quantitative estimate of drug-likeness (QED) is 0.332. The Hall–Kier alpha value is 0.170.